The van der Waals surface area contributed by atoms with Gasteiger partial charge in [-0.1, -0.05) is 6.92 Å². The molecule has 0 aromatic carbocycles. The van der Waals surface area contributed by atoms with Gasteiger partial charge in [0.25, 0.3) is 0 Å². The number of aliphatic hydroxyl groups excluding tert-OH is 1. The first-order chi connectivity index (χ1) is 8.43. The van der Waals surface area contributed by atoms with Gasteiger partial charge in [0.05, 0.1) is 32.0 Å². The molecule has 0 aliphatic heterocycles. The molecule has 4 heteroatoms. The smallest absolute Gasteiger partial charge is 0.0704 e. The van der Waals surface area contributed by atoms with Gasteiger partial charge in [0.15, 0.2) is 0 Å². The van der Waals surface area contributed by atoms with Crippen LogP contribution in [0.5, 0.6) is 0 Å². The highest BCUT2D eigenvalue weighted by Gasteiger charge is 2.25. The van der Waals surface area contributed by atoms with E-state index < -0.39 is 0 Å². The maximum atomic E-state index is 9.46. The predicted octanol–water partition coefficient (Wildman–Crippen LogP) is 1.96. The summed E-state index contributed by atoms with van der Waals surface area (Å²) in [6, 6.07) is 0. The third kappa shape index (κ3) is 8.86. The van der Waals surface area contributed by atoms with Gasteiger partial charge in [-0.15, -0.1) is 0 Å². The number of nitrogens with one attached hydrogen (secondary N) is 1. The van der Waals surface area contributed by atoms with E-state index in [1.807, 2.05) is 27.7 Å². The van der Waals surface area contributed by atoms with Crippen molar-refractivity contribution in [1.29, 1.82) is 0 Å². The van der Waals surface area contributed by atoms with Gasteiger partial charge < -0.3 is 19.9 Å². The third-order valence-electron chi connectivity index (χ3n) is 2.83. The van der Waals surface area contributed by atoms with E-state index in [1.165, 1.54) is 0 Å². The summed E-state index contributed by atoms with van der Waals surface area (Å²) in [6.07, 6.45) is 2.22. The molecule has 2 atom stereocenters. The Morgan fingerprint density at radius 2 is 1.78 bits per heavy atom. The van der Waals surface area contributed by atoms with Crippen molar-refractivity contribution in [3.05, 3.63) is 0 Å². The maximum absolute atomic E-state index is 9.46. The van der Waals surface area contributed by atoms with E-state index in [9.17, 15) is 5.11 Å². The van der Waals surface area contributed by atoms with E-state index >= 15 is 0 Å². The van der Waals surface area contributed by atoms with E-state index in [4.69, 9.17) is 9.47 Å². The summed E-state index contributed by atoms with van der Waals surface area (Å²) < 4.78 is 11.1. The zero-order chi connectivity index (χ0) is 14.0. The van der Waals surface area contributed by atoms with Crippen molar-refractivity contribution in [2.75, 3.05) is 26.4 Å². The summed E-state index contributed by atoms with van der Waals surface area (Å²) in [4.78, 5) is 0. The molecular weight excluding hydrogens is 230 g/mol. The molecule has 4 nitrogen and oxygen atoms in total. The van der Waals surface area contributed by atoms with Crippen LogP contribution in [0, 0.1) is 0 Å². The molecule has 0 bridgehead atoms. The van der Waals surface area contributed by atoms with Gasteiger partial charge in [-0.25, -0.2) is 0 Å². The lowest BCUT2D eigenvalue weighted by Gasteiger charge is -2.31. The molecule has 0 saturated carbocycles. The van der Waals surface area contributed by atoms with E-state index in [0.717, 1.165) is 19.4 Å². The van der Waals surface area contributed by atoms with E-state index in [-0.39, 0.29) is 24.4 Å². The summed E-state index contributed by atoms with van der Waals surface area (Å²) in [5.74, 6) is 0. The summed E-state index contributed by atoms with van der Waals surface area (Å²) in [5.41, 5.74) is -0.256. The fourth-order valence-corrected chi connectivity index (χ4v) is 1.85. The molecule has 0 heterocycles. The van der Waals surface area contributed by atoms with E-state index in [2.05, 4.69) is 12.2 Å². The second kappa shape index (κ2) is 9.73. The van der Waals surface area contributed by atoms with Crippen LogP contribution in [0.2, 0.25) is 0 Å². The monoisotopic (exact) mass is 261 g/mol. The van der Waals surface area contributed by atoms with Gasteiger partial charge in [-0.2, -0.15) is 0 Å². The zero-order valence-corrected chi connectivity index (χ0v) is 12.7. The Morgan fingerprint density at radius 3 is 2.28 bits per heavy atom. The Balaban J connectivity index is 3.84. The minimum atomic E-state index is -0.256. The van der Waals surface area contributed by atoms with Crippen LogP contribution in [0.3, 0.4) is 0 Å². The van der Waals surface area contributed by atoms with Crippen LogP contribution in [0.4, 0.5) is 0 Å². The van der Waals surface area contributed by atoms with Crippen LogP contribution in [-0.4, -0.2) is 49.2 Å². The van der Waals surface area contributed by atoms with Crippen LogP contribution in [-0.2, 0) is 9.47 Å². The fourth-order valence-electron chi connectivity index (χ4n) is 1.85. The fraction of sp³-hybridized carbons (Fsp3) is 1.00. The summed E-state index contributed by atoms with van der Waals surface area (Å²) in [7, 11) is 0. The largest absolute Gasteiger partial charge is 0.394 e. The average molecular weight is 261 g/mol. The van der Waals surface area contributed by atoms with Gasteiger partial charge >= 0.3 is 0 Å². The Morgan fingerprint density at radius 1 is 1.17 bits per heavy atom. The van der Waals surface area contributed by atoms with Gasteiger partial charge in [0.1, 0.15) is 0 Å². The zero-order valence-electron chi connectivity index (χ0n) is 12.7. The highest BCUT2D eigenvalue weighted by molar-refractivity contribution is 4.84. The minimum absolute atomic E-state index is 0.113. The number of rotatable bonds is 11. The van der Waals surface area contributed by atoms with Crippen molar-refractivity contribution in [3.63, 3.8) is 0 Å². The number of ether oxygens (including phenoxy) is 2. The lowest BCUT2D eigenvalue weighted by Crippen LogP contribution is -2.48. The van der Waals surface area contributed by atoms with Crippen molar-refractivity contribution in [2.45, 2.75) is 65.2 Å². The highest BCUT2D eigenvalue weighted by atomic mass is 16.5. The van der Waals surface area contributed by atoms with Crippen molar-refractivity contribution in [2.24, 2.45) is 0 Å². The first-order valence-corrected chi connectivity index (χ1v) is 7.02. The molecule has 0 aromatic heterocycles. The quantitative estimate of drug-likeness (QED) is 0.558. The molecule has 0 fully saturated rings. The molecule has 0 rings (SSSR count). The Kier molecular flexibility index (Phi) is 9.64. The molecule has 0 spiro atoms. The predicted molar refractivity (Wildman–Crippen MR) is 74.9 cm³/mol. The molecular formula is C14H31NO3. The van der Waals surface area contributed by atoms with Gasteiger partial charge in [0.2, 0.25) is 0 Å². The summed E-state index contributed by atoms with van der Waals surface area (Å²) in [5, 5.41) is 12.8. The van der Waals surface area contributed by atoms with Crippen LogP contribution in [0.1, 0.15) is 47.5 Å². The first kappa shape index (κ1) is 17.8. The SMILES string of the molecule is CCCNC(C)(CO)CC(C)OCCOC(C)C. The molecule has 0 aliphatic rings. The first-order valence-electron chi connectivity index (χ1n) is 7.02. The van der Waals surface area contributed by atoms with Gasteiger partial charge in [-0.05, 0) is 47.1 Å². The van der Waals surface area contributed by atoms with Gasteiger partial charge in [-0.3, -0.25) is 0 Å². The van der Waals surface area contributed by atoms with E-state index in [0.29, 0.717) is 13.2 Å². The van der Waals surface area contributed by atoms with Crippen LogP contribution < -0.4 is 5.32 Å². The van der Waals surface area contributed by atoms with Gasteiger partial charge in [0, 0.05) is 5.54 Å². The molecule has 18 heavy (non-hydrogen) atoms. The highest BCUT2D eigenvalue weighted by Crippen LogP contribution is 2.14. The topological polar surface area (TPSA) is 50.7 Å². The molecule has 110 valence electrons. The molecule has 0 aromatic rings. The molecule has 2 unspecified atom stereocenters. The van der Waals surface area contributed by atoms with E-state index in [1.54, 1.807) is 0 Å². The van der Waals surface area contributed by atoms with Crippen LogP contribution in [0.15, 0.2) is 0 Å². The molecule has 0 amide bonds. The normalized spacial score (nSPS) is 16.8. The third-order valence-corrected chi connectivity index (χ3v) is 2.83. The Bertz CT molecular complexity index is 199. The molecule has 0 aliphatic carbocycles. The molecule has 0 saturated heterocycles. The molecule has 2 N–H and O–H groups in total. The summed E-state index contributed by atoms with van der Waals surface area (Å²) >= 11 is 0. The Labute approximate surface area is 112 Å². The minimum Gasteiger partial charge on any atom is -0.394 e. The number of hydrogen-bond acceptors (Lipinski definition) is 4. The Hall–Kier alpha value is -0.160. The van der Waals surface area contributed by atoms with Crippen LogP contribution >= 0.6 is 0 Å². The lowest BCUT2D eigenvalue weighted by molar-refractivity contribution is -0.0207. The van der Waals surface area contributed by atoms with Crippen molar-refractivity contribution >= 4 is 0 Å². The summed E-state index contributed by atoms with van der Waals surface area (Å²) in [6.45, 7) is 12.5. The second-order valence-electron chi connectivity index (χ2n) is 5.45. The van der Waals surface area contributed by atoms with Crippen molar-refractivity contribution in [3.8, 4) is 0 Å². The van der Waals surface area contributed by atoms with Crippen molar-refractivity contribution in [1.82, 2.24) is 5.32 Å². The molecule has 0 radical (unpaired) electrons. The second-order valence-corrected chi connectivity index (χ2v) is 5.45. The average Bonchev–Trinajstić information content (AvgIpc) is 2.32. The number of aliphatic hydroxyl groups is 1. The number of hydrogen-bond donors (Lipinski definition) is 2. The van der Waals surface area contributed by atoms with Crippen molar-refractivity contribution < 1.29 is 14.6 Å². The lowest BCUT2D eigenvalue weighted by atomic mass is 9.95. The maximum Gasteiger partial charge on any atom is 0.0704 e. The van der Waals surface area contributed by atoms with Crippen LogP contribution in [0.25, 0.3) is 0 Å². The standard InChI is InChI=1S/C14H31NO3/c1-6-7-15-14(5,11-16)10-13(4)18-9-8-17-12(2)3/h12-13,15-16H,6-11H2,1-5H3.